The molecule has 1 aliphatic carbocycles. The molecule has 22 heavy (non-hydrogen) atoms. The average molecular weight is 319 g/mol. The van der Waals surface area contributed by atoms with Crippen LogP contribution in [0.3, 0.4) is 0 Å². The van der Waals surface area contributed by atoms with E-state index in [9.17, 15) is 0 Å². The van der Waals surface area contributed by atoms with Gasteiger partial charge in [0.1, 0.15) is 5.75 Å². The summed E-state index contributed by atoms with van der Waals surface area (Å²) in [5.41, 5.74) is 3.90. The van der Waals surface area contributed by atoms with E-state index in [1.54, 1.807) is 6.21 Å². The molecule has 0 bridgehead atoms. The van der Waals surface area contributed by atoms with E-state index in [0.717, 1.165) is 24.3 Å². The van der Waals surface area contributed by atoms with Crippen LogP contribution in [-0.4, -0.2) is 24.0 Å². The van der Waals surface area contributed by atoms with Crippen LogP contribution >= 0.6 is 12.2 Å². The molecule has 120 valence electrons. The van der Waals surface area contributed by atoms with Gasteiger partial charge >= 0.3 is 0 Å². The third-order valence-corrected chi connectivity index (χ3v) is 3.88. The molecule has 0 aliphatic heterocycles. The van der Waals surface area contributed by atoms with E-state index in [4.69, 9.17) is 17.0 Å². The van der Waals surface area contributed by atoms with E-state index in [1.807, 2.05) is 24.3 Å². The summed E-state index contributed by atoms with van der Waals surface area (Å²) in [6, 6.07) is 8.37. The molecule has 0 aromatic heterocycles. The summed E-state index contributed by atoms with van der Waals surface area (Å²) in [4.78, 5) is 0. The number of hydrogen-bond acceptors (Lipinski definition) is 3. The highest BCUT2D eigenvalue weighted by Crippen LogP contribution is 2.17. The first kappa shape index (κ1) is 16.7. The molecule has 4 nitrogen and oxygen atoms in total. The molecule has 2 N–H and O–H groups in total. The molecule has 1 aliphatic rings. The third kappa shape index (κ3) is 6.02. The van der Waals surface area contributed by atoms with Crippen LogP contribution in [0.15, 0.2) is 29.4 Å². The minimum absolute atomic E-state index is 0.499. The van der Waals surface area contributed by atoms with Crippen molar-refractivity contribution in [3.05, 3.63) is 29.8 Å². The van der Waals surface area contributed by atoms with Crippen LogP contribution < -0.4 is 15.5 Å². The molecule has 1 saturated carbocycles. The van der Waals surface area contributed by atoms with Gasteiger partial charge in [-0.1, -0.05) is 26.2 Å². The van der Waals surface area contributed by atoms with Crippen molar-refractivity contribution in [2.24, 2.45) is 5.10 Å². The Morgan fingerprint density at radius 2 is 2.00 bits per heavy atom. The highest BCUT2D eigenvalue weighted by atomic mass is 32.1. The Balaban J connectivity index is 1.72. The van der Waals surface area contributed by atoms with Crippen molar-refractivity contribution in [3.63, 3.8) is 0 Å². The highest BCUT2D eigenvalue weighted by Gasteiger charge is 2.13. The maximum absolute atomic E-state index is 5.55. The van der Waals surface area contributed by atoms with Gasteiger partial charge in [-0.3, -0.25) is 5.43 Å². The molecule has 0 unspecified atom stereocenters. The number of rotatable bonds is 6. The highest BCUT2D eigenvalue weighted by molar-refractivity contribution is 7.80. The van der Waals surface area contributed by atoms with E-state index in [1.165, 1.54) is 32.1 Å². The first-order chi connectivity index (χ1) is 10.8. The quantitative estimate of drug-likeness (QED) is 0.478. The van der Waals surface area contributed by atoms with Crippen LogP contribution in [0.2, 0.25) is 0 Å². The predicted octanol–water partition coefficient (Wildman–Crippen LogP) is 3.61. The second-order valence-electron chi connectivity index (χ2n) is 5.60. The summed E-state index contributed by atoms with van der Waals surface area (Å²) in [5.74, 6) is 0.890. The number of ether oxygens (including phenoxy) is 1. The van der Waals surface area contributed by atoms with Crippen molar-refractivity contribution in [1.29, 1.82) is 0 Å². The van der Waals surface area contributed by atoms with Gasteiger partial charge in [-0.2, -0.15) is 5.10 Å². The Morgan fingerprint density at radius 3 is 2.68 bits per heavy atom. The lowest BCUT2D eigenvalue weighted by molar-refractivity contribution is 0.317. The van der Waals surface area contributed by atoms with Crippen molar-refractivity contribution in [2.75, 3.05) is 6.61 Å². The number of hydrogen-bond donors (Lipinski definition) is 2. The first-order valence-corrected chi connectivity index (χ1v) is 8.51. The van der Waals surface area contributed by atoms with Crippen molar-refractivity contribution < 1.29 is 4.74 Å². The van der Waals surface area contributed by atoms with Crippen molar-refractivity contribution in [1.82, 2.24) is 10.7 Å². The zero-order chi connectivity index (χ0) is 15.6. The topological polar surface area (TPSA) is 45.6 Å². The summed E-state index contributed by atoms with van der Waals surface area (Å²) >= 11 is 5.26. The largest absolute Gasteiger partial charge is 0.494 e. The Kier molecular flexibility index (Phi) is 7.16. The molecule has 0 saturated heterocycles. The number of hydrazone groups is 1. The molecule has 1 fully saturated rings. The molecular weight excluding hydrogens is 294 g/mol. The lowest BCUT2D eigenvalue weighted by atomic mass is 9.96. The lowest BCUT2D eigenvalue weighted by Crippen LogP contribution is -2.40. The van der Waals surface area contributed by atoms with Crippen LogP contribution in [0.1, 0.15) is 51.0 Å². The SMILES string of the molecule is CCCOc1ccc(/C=N\NC(=S)NC2CCCCC2)cc1. The third-order valence-electron chi connectivity index (χ3n) is 3.67. The van der Waals surface area contributed by atoms with Crippen LogP contribution in [0.25, 0.3) is 0 Å². The van der Waals surface area contributed by atoms with Crippen LogP contribution in [0.5, 0.6) is 5.75 Å². The molecular formula is C17H25N3OS. The van der Waals surface area contributed by atoms with Gasteiger partial charge in [0.2, 0.25) is 0 Å². The van der Waals surface area contributed by atoms with Gasteiger partial charge in [-0.25, -0.2) is 0 Å². The van der Waals surface area contributed by atoms with Crippen LogP contribution in [0.4, 0.5) is 0 Å². The van der Waals surface area contributed by atoms with E-state index in [0.29, 0.717) is 11.2 Å². The van der Waals surface area contributed by atoms with Gasteiger partial charge < -0.3 is 10.1 Å². The summed E-state index contributed by atoms with van der Waals surface area (Å²) < 4.78 is 5.55. The van der Waals surface area contributed by atoms with Crippen molar-refractivity contribution in [3.8, 4) is 5.75 Å². The molecule has 5 heteroatoms. The van der Waals surface area contributed by atoms with Gasteiger partial charge in [0.05, 0.1) is 12.8 Å². The Morgan fingerprint density at radius 1 is 1.27 bits per heavy atom. The first-order valence-electron chi connectivity index (χ1n) is 8.10. The van der Waals surface area contributed by atoms with E-state index >= 15 is 0 Å². The zero-order valence-corrected chi connectivity index (χ0v) is 14.0. The second-order valence-corrected chi connectivity index (χ2v) is 6.00. The molecule has 0 radical (unpaired) electrons. The van der Waals surface area contributed by atoms with Gasteiger partial charge in [-0.05, 0) is 61.3 Å². The fourth-order valence-corrected chi connectivity index (χ4v) is 2.72. The maximum atomic E-state index is 5.55. The van der Waals surface area contributed by atoms with E-state index in [2.05, 4.69) is 22.8 Å². The zero-order valence-electron chi connectivity index (χ0n) is 13.2. The van der Waals surface area contributed by atoms with Crippen LogP contribution in [-0.2, 0) is 0 Å². The molecule has 2 rings (SSSR count). The summed E-state index contributed by atoms with van der Waals surface area (Å²) in [6.45, 7) is 2.84. The van der Waals surface area contributed by atoms with Crippen molar-refractivity contribution in [2.45, 2.75) is 51.5 Å². The molecule has 1 aromatic rings. The molecule has 0 atom stereocenters. The van der Waals surface area contributed by atoms with Gasteiger partial charge in [0, 0.05) is 6.04 Å². The minimum atomic E-state index is 0.499. The number of benzene rings is 1. The number of thiocarbonyl (C=S) groups is 1. The molecule has 1 aromatic carbocycles. The molecule has 0 amide bonds. The lowest BCUT2D eigenvalue weighted by Gasteiger charge is -2.23. The number of nitrogens with zero attached hydrogens (tertiary/aromatic N) is 1. The van der Waals surface area contributed by atoms with Crippen molar-refractivity contribution >= 4 is 23.5 Å². The fraction of sp³-hybridized carbons (Fsp3) is 0.529. The van der Waals surface area contributed by atoms with Gasteiger partial charge in [0.25, 0.3) is 0 Å². The Labute approximate surface area is 138 Å². The van der Waals surface area contributed by atoms with Crippen LogP contribution in [0, 0.1) is 0 Å². The normalized spacial score (nSPS) is 15.7. The summed E-state index contributed by atoms with van der Waals surface area (Å²) in [7, 11) is 0. The summed E-state index contributed by atoms with van der Waals surface area (Å²) in [5, 5.41) is 8.11. The summed E-state index contributed by atoms with van der Waals surface area (Å²) in [6.07, 6.45) is 9.09. The van der Waals surface area contributed by atoms with Gasteiger partial charge in [0.15, 0.2) is 5.11 Å². The molecule has 0 spiro atoms. The fourth-order valence-electron chi connectivity index (χ4n) is 2.50. The van der Waals surface area contributed by atoms with E-state index < -0.39 is 0 Å². The second kappa shape index (κ2) is 9.41. The molecule has 0 heterocycles. The minimum Gasteiger partial charge on any atom is -0.494 e. The number of nitrogens with one attached hydrogen (secondary N) is 2. The predicted molar refractivity (Wildman–Crippen MR) is 95.6 cm³/mol. The van der Waals surface area contributed by atoms with Gasteiger partial charge in [-0.15, -0.1) is 0 Å². The smallest absolute Gasteiger partial charge is 0.187 e. The van der Waals surface area contributed by atoms with E-state index in [-0.39, 0.29) is 0 Å². The Bertz CT molecular complexity index is 481. The average Bonchev–Trinajstić information content (AvgIpc) is 2.55. The monoisotopic (exact) mass is 319 g/mol. The standard InChI is InChI=1S/C17H25N3OS/c1-2-12-21-16-10-8-14(9-11-16)13-18-20-17(22)19-15-6-4-3-5-7-15/h8-11,13,15H,2-7,12H2,1H3,(H2,19,20,22)/b18-13-. The Hall–Kier alpha value is -1.62. The maximum Gasteiger partial charge on any atom is 0.187 e.